The molecule has 7 nitrogen and oxygen atoms in total. The maximum absolute atomic E-state index is 13.3. The lowest BCUT2D eigenvalue weighted by Crippen LogP contribution is -2.32. The predicted molar refractivity (Wildman–Crippen MR) is 121 cm³/mol. The van der Waals surface area contributed by atoms with Crippen LogP contribution in [0, 0.1) is 6.92 Å². The molecule has 3 aromatic rings. The number of aliphatic hydroxyl groups excluding tert-OH is 1. The Kier molecular flexibility index (Phi) is 6.60. The van der Waals surface area contributed by atoms with Gasteiger partial charge in [0.1, 0.15) is 17.3 Å². The number of hydrogen-bond acceptors (Lipinski definition) is 6. The summed E-state index contributed by atoms with van der Waals surface area (Å²) in [6.45, 7) is 2.47. The molecule has 0 saturated carbocycles. The summed E-state index contributed by atoms with van der Waals surface area (Å²) in [7, 11) is 1.58. The normalized spacial score (nSPS) is 15.9. The Morgan fingerprint density at radius 2 is 1.82 bits per heavy atom. The molecule has 4 rings (SSSR count). The Labute approximate surface area is 191 Å². The summed E-state index contributed by atoms with van der Waals surface area (Å²) in [6.07, 6.45) is 0.549. The fourth-order valence-corrected chi connectivity index (χ4v) is 3.90. The lowest BCUT2D eigenvalue weighted by molar-refractivity contribution is -0.129. The standard InChI is InChI=1S/C26H25NO6/c1-17-12-13-21(32-17)24(28)22-23(27(14-7-15-31-2)26(30)25(22)29)18-8-6-11-20(16-18)33-19-9-4-3-5-10-19/h3-6,8-13,16,23,29H,7,14-15H2,1-2H3. The van der Waals surface area contributed by atoms with Gasteiger partial charge in [0, 0.05) is 20.3 Å². The second-order valence-corrected chi connectivity index (χ2v) is 7.74. The van der Waals surface area contributed by atoms with Gasteiger partial charge in [0.25, 0.3) is 5.91 Å². The van der Waals surface area contributed by atoms with Gasteiger partial charge in [0.2, 0.25) is 5.78 Å². The van der Waals surface area contributed by atoms with E-state index >= 15 is 0 Å². The van der Waals surface area contributed by atoms with Gasteiger partial charge in [-0.05, 0) is 55.3 Å². The number of benzene rings is 2. The quantitative estimate of drug-likeness (QED) is 0.367. The van der Waals surface area contributed by atoms with Gasteiger partial charge in [-0.15, -0.1) is 0 Å². The van der Waals surface area contributed by atoms with Crippen molar-refractivity contribution in [2.75, 3.05) is 20.3 Å². The molecule has 170 valence electrons. The smallest absolute Gasteiger partial charge is 0.290 e. The lowest BCUT2D eigenvalue weighted by atomic mass is 9.95. The van der Waals surface area contributed by atoms with Crippen LogP contribution in [0.2, 0.25) is 0 Å². The molecule has 1 aromatic heterocycles. The van der Waals surface area contributed by atoms with Gasteiger partial charge < -0.3 is 23.9 Å². The van der Waals surface area contributed by atoms with E-state index in [9.17, 15) is 14.7 Å². The number of ketones is 1. The van der Waals surface area contributed by atoms with Crippen LogP contribution >= 0.6 is 0 Å². The van der Waals surface area contributed by atoms with Crippen molar-refractivity contribution in [3.8, 4) is 11.5 Å². The minimum absolute atomic E-state index is 0.0105. The average molecular weight is 447 g/mol. The van der Waals surface area contributed by atoms with Gasteiger partial charge in [0.05, 0.1) is 11.6 Å². The zero-order valence-electron chi connectivity index (χ0n) is 18.5. The van der Waals surface area contributed by atoms with E-state index in [0.717, 1.165) is 0 Å². The molecule has 1 atom stereocenters. The number of carbonyl (C=O) groups is 2. The number of rotatable bonds is 9. The molecule has 0 fully saturated rings. The van der Waals surface area contributed by atoms with Crippen molar-refractivity contribution in [2.45, 2.75) is 19.4 Å². The van der Waals surface area contributed by atoms with Gasteiger partial charge in [0.15, 0.2) is 11.5 Å². The van der Waals surface area contributed by atoms with Crippen LogP contribution in [0.15, 0.2) is 82.5 Å². The van der Waals surface area contributed by atoms with E-state index in [-0.39, 0.29) is 11.3 Å². The van der Waals surface area contributed by atoms with Crippen LogP contribution in [0.4, 0.5) is 0 Å². The number of Topliss-reactive ketones (excluding diaryl/α,β-unsaturated/α-hetero) is 1. The summed E-state index contributed by atoms with van der Waals surface area (Å²) < 4.78 is 16.6. The minimum Gasteiger partial charge on any atom is -0.503 e. The van der Waals surface area contributed by atoms with Gasteiger partial charge >= 0.3 is 0 Å². The first-order valence-electron chi connectivity index (χ1n) is 10.7. The van der Waals surface area contributed by atoms with Crippen molar-refractivity contribution in [1.82, 2.24) is 4.90 Å². The number of para-hydroxylation sites is 1. The van der Waals surface area contributed by atoms with Crippen molar-refractivity contribution in [2.24, 2.45) is 0 Å². The van der Waals surface area contributed by atoms with Gasteiger partial charge in [-0.2, -0.15) is 0 Å². The molecule has 2 heterocycles. The summed E-state index contributed by atoms with van der Waals surface area (Å²) in [5.41, 5.74) is 0.633. The first kappa shape index (κ1) is 22.4. The van der Waals surface area contributed by atoms with Crippen LogP contribution < -0.4 is 4.74 Å². The van der Waals surface area contributed by atoms with E-state index in [2.05, 4.69) is 0 Å². The average Bonchev–Trinajstić information content (AvgIpc) is 3.36. The van der Waals surface area contributed by atoms with Gasteiger partial charge in [-0.25, -0.2) is 0 Å². The minimum atomic E-state index is -0.786. The largest absolute Gasteiger partial charge is 0.503 e. The number of amides is 1. The number of carbonyl (C=O) groups excluding carboxylic acids is 2. The molecule has 1 aliphatic heterocycles. The molecule has 0 spiro atoms. The molecular formula is C26H25NO6. The molecular weight excluding hydrogens is 422 g/mol. The van der Waals surface area contributed by atoms with Crippen LogP contribution in [0.3, 0.4) is 0 Å². The van der Waals surface area contributed by atoms with Crippen LogP contribution in [-0.2, 0) is 9.53 Å². The molecule has 1 aliphatic rings. The van der Waals surface area contributed by atoms with Crippen molar-refractivity contribution < 1.29 is 28.6 Å². The van der Waals surface area contributed by atoms with E-state index in [0.29, 0.717) is 42.4 Å². The fraction of sp³-hybridized carbons (Fsp3) is 0.231. The maximum Gasteiger partial charge on any atom is 0.290 e. The Hall–Kier alpha value is -3.84. The summed E-state index contributed by atoms with van der Waals surface area (Å²) in [4.78, 5) is 27.8. The third-order valence-corrected chi connectivity index (χ3v) is 5.41. The Bertz CT molecular complexity index is 1180. The van der Waals surface area contributed by atoms with E-state index < -0.39 is 23.5 Å². The number of nitrogens with zero attached hydrogens (tertiary/aromatic N) is 1. The number of aliphatic hydroxyl groups is 1. The molecule has 1 N–H and O–H groups in total. The maximum atomic E-state index is 13.3. The molecule has 0 aliphatic carbocycles. The summed E-state index contributed by atoms with van der Waals surface area (Å²) in [6, 6.07) is 18.9. The zero-order valence-corrected chi connectivity index (χ0v) is 18.5. The predicted octanol–water partition coefficient (Wildman–Crippen LogP) is 5.00. The molecule has 2 aromatic carbocycles. The topological polar surface area (TPSA) is 89.2 Å². The van der Waals surface area contributed by atoms with E-state index in [1.165, 1.54) is 4.90 Å². The first-order valence-corrected chi connectivity index (χ1v) is 10.7. The molecule has 1 unspecified atom stereocenters. The molecule has 0 saturated heterocycles. The number of furan rings is 1. The van der Waals surface area contributed by atoms with Crippen molar-refractivity contribution in [3.63, 3.8) is 0 Å². The Morgan fingerprint density at radius 3 is 2.52 bits per heavy atom. The third-order valence-electron chi connectivity index (χ3n) is 5.41. The second kappa shape index (κ2) is 9.75. The summed E-state index contributed by atoms with van der Waals surface area (Å²) >= 11 is 0. The molecule has 1 amide bonds. The van der Waals surface area contributed by atoms with E-state index in [1.807, 2.05) is 30.3 Å². The third kappa shape index (κ3) is 4.68. The highest BCUT2D eigenvalue weighted by Crippen LogP contribution is 2.40. The lowest BCUT2D eigenvalue weighted by Gasteiger charge is -2.27. The van der Waals surface area contributed by atoms with Crippen LogP contribution in [0.25, 0.3) is 0 Å². The SMILES string of the molecule is COCCCN1C(=O)C(O)=C(C(=O)c2ccc(C)o2)C1c1cccc(Oc2ccccc2)c1. The summed E-state index contributed by atoms with van der Waals surface area (Å²) in [5, 5.41) is 10.7. The van der Waals surface area contributed by atoms with E-state index in [1.54, 1.807) is 50.4 Å². The van der Waals surface area contributed by atoms with Crippen molar-refractivity contribution in [1.29, 1.82) is 0 Å². The van der Waals surface area contributed by atoms with Gasteiger partial charge in [-0.3, -0.25) is 9.59 Å². The zero-order chi connectivity index (χ0) is 23.4. The molecule has 0 bridgehead atoms. The van der Waals surface area contributed by atoms with Crippen molar-refractivity contribution in [3.05, 3.63) is 95.1 Å². The Balaban J connectivity index is 1.72. The fourth-order valence-electron chi connectivity index (χ4n) is 3.90. The van der Waals surface area contributed by atoms with Crippen LogP contribution in [-0.4, -0.2) is 42.0 Å². The van der Waals surface area contributed by atoms with Crippen molar-refractivity contribution >= 4 is 11.7 Å². The first-order chi connectivity index (χ1) is 16.0. The highest BCUT2D eigenvalue weighted by atomic mass is 16.5. The highest BCUT2D eigenvalue weighted by Gasteiger charge is 2.44. The Morgan fingerprint density at radius 1 is 1.06 bits per heavy atom. The number of aryl methyl sites for hydroxylation is 1. The second-order valence-electron chi connectivity index (χ2n) is 7.74. The molecule has 7 heteroatoms. The number of ether oxygens (including phenoxy) is 2. The number of methoxy groups -OCH3 is 1. The van der Waals surface area contributed by atoms with E-state index in [4.69, 9.17) is 13.9 Å². The molecule has 0 radical (unpaired) electrons. The monoisotopic (exact) mass is 447 g/mol. The number of hydrogen-bond donors (Lipinski definition) is 1. The van der Waals surface area contributed by atoms with Crippen LogP contribution in [0.5, 0.6) is 11.5 Å². The highest BCUT2D eigenvalue weighted by molar-refractivity contribution is 6.15. The summed E-state index contributed by atoms with van der Waals surface area (Å²) in [5.74, 6) is 0.159. The molecule has 33 heavy (non-hydrogen) atoms. The van der Waals surface area contributed by atoms with Crippen LogP contribution in [0.1, 0.15) is 34.3 Å². The van der Waals surface area contributed by atoms with Gasteiger partial charge in [-0.1, -0.05) is 30.3 Å².